The lowest BCUT2D eigenvalue weighted by Crippen LogP contribution is -2.29. The lowest BCUT2D eigenvalue weighted by molar-refractivity contribution is -0.141. The van der Waals surface area contributed by atoms with Crippen LogP contribution in [0.2, 0.25) is 0 Å². The molecule has 1 aromatic carbocycles. The van der Waals surface area contributed by atoms with E-state index in [4.69, 9.17) is 10.5 Å². The predicted molar refractivity (Wildman–Crippen MR) is 63.4 cm³/mol. The second-order valence-corrected chi connectivity index (χ2v) is 3.83. The highest BCUT2D eigenvalue weighted by Crippen LogP contribution is 2.33. The number of rotatable bonds is 3. The molecule has 4 heteroatoms. The zero-order chi connectivity index (χ0) is 11.5. The van der Waals surface area contributed by atoms with Gasteiger partial charge in [-0.15, -0.1) is 0 Å². The number of hydrogen-bond donors (Lipinski definition) is 1. The van der Waals surface area contributed by atoms with Gasteiger partial charge >= 0.3 is 5.97 Å². The zero-order valence-corrected chi connectivity index (χ0v) is 9.40. The number of para-hydroxylation sites is 1. The van der Waals surface area contributed by atoms with E-state index < -0.39 is 0 Å². The van der Waals surface area contributed by atoms with E-state index >= 15 is 0 Å². The topological polar surface area (TPSA) is 55.6 Å². The zero-order valence-electron chi connectivity index (χ0n) is 9.40. The van der Waals surface area contributed by atoms with Crippen LogP contribution in [0.3, 0.4) is 0 Å². The van der Waals surface area contributed by atoms with Crippen molar-refractivity contribution in [1.82, 2.24) is 0 Å². The molecule has 16 heavy (non-hydrogen) atoms. The summed E-state index contributed by atoms with van der Waals surface area (Å²) in [7, 11) is 0. The molecule has 0 bridgehead atoms. The smallest absolute Gasteiger partial charge is 0.325 e. The van der Waals surface area contributed by atoms with Crippen molar-refractivity contribution in [3.05, 3.63) is 23.8 Å². The number of fused-ring (bicyclic) bond motifs is 1. The molecule has 0 aromatic heterocycles. The minimum Gasteiger partial charge on any atom is -0.465 e. The molecule has 0 aliphatic carbocycles. The number of esters is 1. The van der Waals surface area contributed by atoms with E-state index in [1.54, 1.807) is 0 Å². The van der Waals surface area contributed by atoms with Gasteiger partial charge in [-0.3, -0.25) is 4.79 Å². The summed E-state index contributed by atoms with van der Waals surface area (Å²) in [5.41, 5.74) is 8.86. The number of hydrogen-bond acceptors (Lipinski definition) is 4. The molecule has 1 aliphatic heterocycles. The van der Waals surface area contributed by atoms with Crippen molar-refractivity contribution in [3.8, 4) is 0 Å². The molecule has 1 aliphatic rings. The monoisotopic (exact) mass is 220 g/mol. The maximum absolute atomic E-state index is 11.4. The van der Waals surface area contributed by atoms with Crippen LogP contribution < -0.4 is 10.6 Å². The van der Waals surface area contributed by atoms with Gasteiger partial charge in [0.1, 0.15) is 6.54 Å². The third-order valence-corrected chi connectivity index (χ3v) is 2.74. The first-order valence-electron chi connectivity index (χ1n) is 5.50. The summed E-state index contributed by atoms with van der Waals surface area (Å²) in [6.45, 7) is 3.35. The van der Waals surface area contributed by atoms with Crippen LogP contribution in [0.4, 0.5) is 11.4 Å². The van der Waals surface area contributed by atoms with E-state index in [-0.39, 0.29) is 12.5 Å². The fourth-order valence-corrected chi connectivity index (χ4v) is 2.09. The maximum Gasteiger partial charge on any atom is 0.325 e. The molecular weight excluding hydrogens is 204 g/mol. The van der Waals surface area contributed by atoms with E-state index in [1.807, 2.05) is 24.0 Å². The number of nitrogen functional groups attached to an aromatic ring is 1. The lowest BCUT2D eigenvalue weighted by atomic mass is 10.1. The van der Waals surface area contributed by atoms with Gasteiger partial charge in [0.15, 0.2) is 0 Å². The number of nitrogens with two attached hydrogens (primary N) is 1. The third-order valence-electron chi connectivity index (χ3n) is 2.74. The summed E-state index contributed by atoms with van der Waals surface area (Å²) >= 11 is 0. The van der Waals surface area contributed by atoms with Crippen LogP contribution in [0.1, 0.15) is 12.5 Å². The van der Waals surface area contributed by atoms with Crippen LogP contribution in [0.25, 0.3) is 0 Å². The van der Waals surface area contributed by atoms with E-state index in [9.17, 15) is 4.79 Å². The molecule has 2 rings (SSSR count). The van der Waals surface area contributed by atoms with Crippen LogP contribution in [-0.2, 0) is 16.0 Å². The minimum absolute atomic E-state index is 0.196. The van der Waals surface area contributed by atoms with Gasteiger partial charge < -0.3 is 15.4 Å². The van der Waals surface area contributed by atoms with Gasteiger partial charge in [-0.25, -0.2) is 0 Å². The molecule has 0 fully saturated rings. The largest absolute Gasteiger partial charge is 0.465 e. The first-order chi connectivity index (χ1) is 7.72. The highest BCUT2D eigenvalue weighted by molar-refractivity contribution is 5.81. The summed E-state index contributed by atoms with van der Waals surface area (Å²) in [5.74, 6) is -0.196. The third kappa shape index (κ3) is 1.96. The first kappa shape index (κ1) is 10.8. The molecule has 86 valence electrons. The summed E-state index contributed by atoms with van der Waals surface area (Å²) in [6, 6.07) is 5.86. The van der Waals surface area contributed by atoms with Crippen LogP contribution in [0.5, 0.6) is 0 Å². The minimum atomic E-state index is -0.196. The van der Waals surface area contributed by atoms with E-state index in [2.05, 4.69) is 6.07 Å². The molecule has 2 N–H and O–H groups in total. The molecule has 0 atom stereocenters. The molecule has 1 heterocycles. The van der Waals surface area contributed by atoms with Crippen LogP contribution in [0.15, 0.2) is 18.2 Å². The highest BCUT2D eigenvalue weighted by atomic mass is 16.5. The molecule has 0 saturated carbocycles. The SMILES string of the molecule is CCOC(=O)CN1CCc2cccc(N)c21. The van der Waals surface area contributed by atoms with Crippen LogP contribution >= 0.6 is 0 Å². The van der Waals surface area contributed by atoms with Crippen molar-refractivity contribution in [3.63, 3.8) is 0 Å². The Morgan fingerprint density at radius 1 is 1.56 bits per heavy atom. The number of nitrogens with zero attached hydrogens (tertiary/aromatic N) is 1. The number of ether oxygens (including phenoxy) is 1. The van der Waals surface area contributed by atoms with Crippen molar-refractivity contribution < 1.29 is 9.53 Å². The van der Waals surface area contributed by atoms with Crippen molar-refractivity contribution in [1.29, 1.82) is 0 Å². The van der Waals surface area contributed by atoms with Gasteiger partial charge in [0, 0.05) is 6.54 Å². The van der Waals surface area contributed by atoms with Gasteiger partial charge in [0.05, 0.1) is 18.0 Å². The standard InChI is InChI=1S/C12H16N2O2/c1-2-16-11(15)8-14-7-6-9-4-3-5-10(13)12(9)14/h3-5H,2,6-8,13H2,1H3. The molecule has 1 aromatic rings. The van der Waals surface area contributed by atoms with Gasteiger partial charge in [0.25, 0.3) is 0 Å². The quantitative estimate of drug-likeness (QED) is 0.614. The normalized spacial score (nSPS) is 13.7. The summed E-state index contributed by atoms with van der Waals surface area (Å²) < 4.78 is 4.94. The van der Waals surface area contributed by atoms with E-state index in [1.165, 1.54) is 5.56 Å². The van der Waals surface area contributed by atoms with Gasteiger partial charge in [-0.2, -0.15) is 0 Å². The Morgan fingerprint density at radius 2 is 2.38 bits per heavy atom. The predicted octanol–water partition coefficient (Wildman–Crippen LogP) is 1.19. The summed E-state index contributed by atoms with van der Waals surface area (Å²) in [4.78, 5) is 13.4. The number of anilines is 2. The Kier molecular flexibility index (Phi) is 2.99. The second kappa shape index (κ2) is 4.43. The lowest BCUT2D eigenvalue weighted by Gasteiger charge is -2.19. The molecule has 0 radical (unpaired) electrons. The van der Waals surface area contributed by atoms with Crippen molar-refractivity contribution in [2.45, 2.75) is 13.3 Å². The summed E-state index contributed by atoms with van der Waals surface area (Å²) in [5, 5.41) is 0. The fraction of sp³-hybridized carbons (Fsp3) is 0.417. The second-order valence-electron chi connectivity index (χ2n) is 3.83. The first-order valence-corrected chi connectivity index (χ1v) is 5.50. The molecular formula is C12H16N2O2. The summed E-state index contributed by atoms with van der Waals surface area (Å²) in [6.07, 6.45) is 0.944. The Morgan fingerprint density at radius 3 is 3.12 bits per heavy atom. The highest BCUT2D eigenvalue weighted by Gasteiger charge is 2.23. The Hall–Kier alpha value is -1.71. The Labute approximate surface area is 95.0 Å². The van der Waals surface area contributed by atoms with Gasteiger partial charge in [0.2, 0.25) is 0 Å². The Balaban J connectivity index is 2.14. The average Bonchev–Trinajstić information content (AvgIpc) is 2.63. The molecule has 0 unspecified atom stereocenters. The molecule has 0 amide bonds. The van der Waals surface area contributed by atoms with Crippen molar-refractivity contribution >= 4 is 17.3 Å². The number of carbonyl (C=O) groups excluding carboxylic acids is 1. The molecule has 0 spiro atoms. The maximum atomic E-state index is 11.4. The average molecular weight is 220 g/mol. The number of benzene rings is 1. The van der Waals surface area contributed by atoms with Gasteiger partial charge in [-0.1, -0.05) is 12.1 Å². The van der Waals surface area contributed by atoms with Crippen LogP contribution in [-0.4, -0.2) is 25.7 Å². The van der Waals surface area contributed by atoms with E-state index in [0.29, 0.717) is 6.61 Å². The molecule has 0 saturated heterocycles. The fourth-order valence-electron chi connectivity index (χ4n) is 2.09. The number of carbonyl (C=O) groups is 1. The molecule has 4 nitrogen and oxygen atoms in total. The van der Waals surface area contributed by atoms with Crippen molar-refractivity contribution in [2.75, 3.05) is 30.3 Å². The van der Waals surface area contributed by atoms with E-state index in [0.717, 1.165) is 24.3 Å². The Bertz CT molecular complexity index is 404. The van der Waals surface area contributed by atoms with Crippen molar-refractivity contribution in [2.24, 2.45) is 0 Å². The van der Waals surface area contributed by atoms with Crippen LogP contribution in [0, 0.1) is 0 Å². The van der Waals surface area contributed by atoms with Gasteiger partial charge in [-0.05, 0) is 25.0 Å².